The van der Waals surface area contributed by atoms with E-state index in [0.29, 0.717) is 6.04 Å². The van der Waals surface area contributed by atoms with E-state index in [0.717, 1.165) is 18.7 Å². The molecule has 0 saturated heterocycles. The second kappa shape index (κ2) is 5.32. The molecular formula is C13H19NO2. The first-order valence-corrected chi connectivity index (χ1v) is 5.83. The van der Waals surface area contributed by atoms with E-state index < -0.39 is 0 Å². The van der Waals surface area contributed by atoms with E-state index in [9.17, 15) is 0 Å². The number of para-hydroxylation sites is 1. The quantitative estimate of drug-likeness (QED) is 0.823. The Bertz CT molecular complexity index is 315. The standard InChI is InChI=1S/C13H19NO2/c1-3-14-11-9-12(13(11)15-2)16-10-7-5-4-6-8-10/h4-8,11-14H,3,9H2,1-2H3. The van der Waals surface area contributed by atoms with E-state index in [1.807, 2.05) is 30.3 Å². The summed E-state index contributed by atoms with van der Waals surface area (Å²) in [6.07, 6.45) is 1.36. The van der Waals surface area contributed by atoms with Crippen molar-refractivity contribution in [3.8, 4) is 5.75 Å². The Kier molecular flexibility index (Phi) is 3.80. The molecule has 0 spiro atoms. The molecule has 1 N–H and O–H groups in total. The Balaban J connectivity index is 1.88. The number of benzene rings is 1. The van der Waals surface area contributed by atoms with Crippen molar-refractivity contribution in [1.82, 2.24) is 5.32 Å². The van der Waals surface area contributed by atoms with Crippen LogP contribution in [0.4, 0.5) is 0 Å². The van der Waals surface area contributed by atoms with Crippen LogP contribution < -0.4 is 10.1 Å². The first-order chi connectivity index (χ1) is 7.85. The number of hydrogen-bond donors (Lipinski definition) is 1. The SMILES string of the molecule is CCNC1CC(Oc2ccccc2)C1OC. The molecule has 3 unspecified atom stereocenters. The molecular weight excluding hydrogens is 202 g/mol. The van der Waals surface area contributed by atoms with E-state index in [1.165, 1.54) is 0 Å². The molecule has 0 bridgehead atoms. The third-order valence-corrected chi connectivity index (χ3v) is 3.02. The largest absolute Gasteiger partial charge is 0.488 e. The normalized spacial score (nSPS) is 28.5. The van der Waals surface area contributed by atoms with E-state index in [4.69, 9.17) is 9.47 Å². The number of methoxy groups -OCH3 is 1. The van der Waals surface area contributed by atoms with Gasteiger partial charge in [0.05, 0.1) is 0 Å². The van der Waals surface area contributed by atoms with Gasteiger partial charge in [0.2, 0.25) is 0 Å². The van der Waals surface area contributed by atoms with E-state index >= 15 is 0 Å². The Morgan fingerprint density at radius 3 is 2.69 bits per heavy atom. The highest BCUT2D eigenvalue weighted by molar-refractivity contribution is 5.22. The minimum Gasteiger partial charge on any atom is -0.488 e. The van der Waals surface area contributed by atoms with Crippen LogP contribution in [-0.2, 0) is 4.74 Å². The van der Waals surface area contributed by atoms with Crippen molar-refractivity contribution in [3.05, 3.63) is 30.3 Å². The highest BCUT2D eigenvalue weighted by Crippen LogP contribution is 2.28. The molecule has 2 rings (SSSR count). The Hall–Kier alpha value is -1.06. The predicted octanol–water partition coefficient (Wildman–Crippen LogP) is 1.83. The average molecular weight is 221 g/mol. The molecule has 1 aromatic rings. The van der Waals surface area contributed by atoms with Crippen molar-refractivity contribution < 1.29 is 9.47 Å². The zero-order valence-corrected chi connectivity index (χ0v) is 9.85. The summed E-state index contributed by atoms with van der Waals surface area (Å²) >= 11 is 0. The Morgan fingerprint density at radius 2 is 2.06 bits per heavy atom. The van der Waals surface area contributed by atoms with Gasteiger partial charge in [0.25, 0.3) is 0 Å². The van der Waals surface area contributed by atoms with Crippen LogP contribution in [0.25, 0.3) is 0 Å². The van der Waals surface area contributed by atoms with E-state index in [-0.39, 0.29) is 12.2 Å². The van der Waals surface area contributed by atoms with Gasteiger partial charge in [-0.2, -0.15) is 0 Å². The summed E-state index contributed by atoms with van der Waals surface area (Å²) in [5.41, 5.74) is 0. The second-order valence-electron chi connectivity index (χ2n) is 4.07. The minimum atomic E-state index is 0.167. The maximum Gasteiger partial charge on any atom is 0.128 e. The molecule has 3 nitrogen and oxygen atoms in total. The Morgan fingerprint density at radius 1 is 1.31 bits per heavy atom. The summed E-state index contributed by atoms with van der Waals surface area (Å²) in [7, 11) is 1.75. The van der Waals surface area contributed by atoms with Crippen molar-refractivity contribution in [1.29, 1.82) is 0 Å². The van der Waals surface area contributed by atoms with Gasteiger partial charge in [-0.3, -0.25) is 0 Å². The third-order valence-electron chi connectivity index (χ3n) is 3.02. The van der Waals surface area contributed by atoms with Crippen molar-refractivity contribution in [3.63, 3.8) is 0 Å². The molecule has 1 aliphatic rings. The molecule has 88 valence electrons. The zero-order chi connectivity index (χ0) is 11.4. The molecule has 1 aliphatic carbocycles. The molecule has 16 heavy (non-hydrogen) atoms. The van der Waals surface area contributed by atoms with Gasteiger partial charge in [0, 0.05) is 19.6 Å². The fourth-order valence-electron chi connectivity index (χ4n) is 2.15. The molecule has 0 aromatic heterocycles. The van der Waals surface area contributed by atoms with Crippen LogP contribution in [0.2, 0.25) is 0 Å². The van der Waals surface area contributed by atoms with Crippen molar-refractivity contribution in [2.75, 3.05) is 13.7 Å². The van der Waals surface area contributed by atoms with Crippen LogP contribution in [0.5, 0.6) is 5.75 Å². The lowest BCUT2D eigenvalue weighted by Crippen LogP contribution is -2.60. The lowest BCUT2D eigenvalue weighted by atomic mass is 9.85. The molecule has 0 radical (unpaired) electrons. The summed E-state index contributed by atoms with van der Waals surface area (Å²) in [4.78, 5) is 0. The maximum atomic E-state index is 5.87. The second-order valence-corrected chi connectivity index (χ2v) is 4.07. The molecule has 1 fully saturated rings. The van der Waals surface area contributed by atoms with Gasteiger partial charge < -0.3 is 14.8 Å². The van der Waals surface area contributed by atoms with Gasteiger partial charge >= 0.3 is 0 Å². The van der Waals surface area contributed by atoms with Crippen LogP contribution in [0.3, 0.4) is 0 Å². The van der Waals surface area contributed by atoms with Crippen molar-refractivity contribution in [2.24, 2.45) is 0 Å². The highest BCUT2D eigenvalue weighted by Gasteiger charge is 2.42. The molecule has 0 aliphatic heterocycles. The highest BCUT2D eigenvalue weighted by atomic mass is 16.5. The third kappa shape index (κ3) is 2.36. The van der Waals surface area contributed by atoms with Gasteiger partial charge in [-0.1, -0.05) is 25.1 Å². The smallest absolute Gasteiger partial charge is 0.128 e. The van der Waals surface area contributed by atoms with Crippen LogP contribution in [0.15, 0.2) is 30.3 Å². The van der Waals surface area contributed by atoms with E-state index in [2.05, 4.69) is 12.2 Å². The minimum absolute atomic E-state index is 0.167. The van der Waals surface area contributed by atoms with Crippen molar-refractivity contribution >= 4 is 0 Å². The van der Waals surface area contributed by atoms with Crippen molar-refractivity contribution in [2.45, 2.75) is 31.6 Å². The summed E-state index contributed by atoms with van der Waals surface area (Å²) < 4.78 is 11.3. The fraction of sp³-hybridized carbons (Fsp3) is 0.538. The maximum absolute atomic E-state index is 5.87. The lowest BCUT2D eigenvalue weighted by Gasteiger charge is -2.43. The zero-order valence-electron chi connectivity index (χ0n) is 9.85. The predicted molar refractivity (Wildman–Crippen MR) is 63.7 cm³/mol. The summed E-state index contributed by atoms with van der Waals surface area (Å²) in [6.45, 7) is 3.08. The number of hydrogen-bond acceptors (Lipinski definition) is 3. The van der Waals surface area contributed by atoms with Crippen LogP contribution in [-0.4, -0.2) is 31.9 Å². The van der Waals surface area contributed by atoms with E-state index in [1.54, 1.807) is 7.11 Å². The van der Waals surface area contributed by atoms with Gasteiger partial charge in [-0.15, -0.1) is 0 Å². The first kappa shape index (κ1) is 11.4. The fourth-order valence-corrected chi connectivity index (χ4v) is 2.15. The van der Waals surface area contributed by atoms with Gasteiger partial charge in [-0.25, -0.2) is 0 Å². The number of rotatable bonds is 5. The molecule has 3 atom stereocenters. The van der Waals surface area contributed by atoms with Crippen LogP contribution in [0, 0.1) is 0 Å². The van der Waals surface area contributed by atoms with Gasteiger partial charge in [0.1, 0.15) is 18.0 Å². The van der Waals surface area contributed by atoms with Gasteiger partial charge in [-0.05, 0) is 18.7 Å². The van der Waals surface area contributed by atoms with Gasteiger partial charge in [0.15, 0.2) is 0 Å². The summed E-state index contributed by atoms with van der Waals surface area (Å²) in [5, 5.41) is 3.39. The molecule has 0 heterocycles. The van der Waals surface area contributed by atoms with Crippen LogP contribution >= 0.6 is 0 Å². The number of ether oxygens (including phenoxy) is 2. The Labute approximate surface area is 96.8 Å². The average Bonchev–Trinajstić information content (AvgIpc) is 2.29. The molecule has 1 saturated carbocycles. The molecule has 1 aromatic carbocycles. The molecule has 0 amide bonds. The monoisotopic (exact) mass is 221 g/mol. The number of nitrogens with one attached hydrogen (secondary N) is 1. The summed E-state index contributed by atoms with van der Waals surface area (Å²) in [6, 6.07) is 10.3. The molecule has 3 heteroatoms. The van der Waals surface area contributed by atoms with Crippen LogP contribution in [0.1, 0.15) is 13.3 Å². The first-order valence-electron chi connectivity index (χ1n) is 5.83. The topological polar surface area (TPSA) is 30.5 Å². The number of likely N-dealkylation sites (N-methyl/N-ethyl adjacent to an activating group) is 1. The lowest BCUT2D eigenvalue weighted by molar-refractivity contribution is -0.0883. The summed E-state index contributed by atoms with van der Waals surface area (Å²) in [5.74, 6) is 0.921.